The van der Waals surface area contributed by atoms with Crippen LogP contribution in [0.3, 0.4) is 0 Å². The smallest absolute Gasteiger partial charge is 0.240 e. The molecule has 1 aliphatic rings. The van der Waals surface area contributed by atoms with E-state index in [1.54, 1.807) is 6.07 Å². The van der Waals surface area contributed by atoms with Crippen LogP contribution in [0.25, 0.3) is 0 Å². The molecule has 1 saturated heterocycles. The van der Waals surface area contributed by atoms with Gasteiger partial charge in [-0.1, -0.05) is 17.7 Å². The Morgan fingerprint density at radius 1 is 1.37 bits per heavy atom. The van der Waals surface area contributed by atoms with Crippen molar-refractivity contribution < 1.29 is 8.42 Å². The minimum Gasteiger partial charge on any atom is -0.314 e. The van der Waals surface area contributed by atoms with Gasteiger partial charge in [-0.3, -0.25) is 0 Å². The van der Waals surface area contributed by atoms with Crippen LogP contribution in [0.5, 0.6) is 0 Å². The zero-order valence-corrected chi connectivity index (χ0v) is 12.4. The van der Waals surface area contributed by atoms with Gasteiger partial charge < -0.3 is 5.32 Å². The average Bonchev–Trinajstić information content (AvgIpc) is 2.81. The van der Waals surface area contributed by atoms with Crippen LogP contribution in [0.4, 0.5) is 0 Å². The van der Waals surface area contributed by atoms with E-state index in [9.17, 15) is 8.42 Å². The summed E-state index contributed by atoms with van der Waals surface area (Å²) in [7, 11) is -3.38. The first kappa shape index (κ1) is 14.5. The van der Waals surface area contributed by atoms with E-state index in [2.05, 4.69) is 10.0 Å². The number of rotatable bonds is 5. The number of sulfonamides is 1. The maximum atomic E-state index is 12.2. The lowest BCUT2D eigenvalue weighted by Crippen LogP contribution is -2.31. The molecule has 2 N–H and O–H groups in total. The molecule has 0 aliphatic carbocycles. The molecule has 106 valence electrons. The molecule has 5 heteroatoms. The lowest BCUT2D eigenvalue weighted by molar-refractivity contribution is 0.539. The summed E-state index contributed by atoms with van der Waals surface area (Å²) in [4.78, 5) is 0.387. The predicted octanol–water partition coefficient (Wildman–Crippen LogP) is 1.72. The summed E-state index contributed by atoms with van der Waals surface area (Å²) < 4.78 is 27.1. The van der Waals surface area contributed by atoms with Gasteiger partial charge in [0.1, 0.15) is 0 Å². The Balaban J connectivity index is 1.97. The molecular weight excluding hydrogens is 260 g/mol. The summed E-state index contributed by atoms with van der Waals surface area (Å²) in [5.41, 5.74) is 1.87. The van der Waals surface area contributed by atoms with Gasteiger partial charge in [-0.15, -0.1) is 0 Å². The highest BCUT2D eigenvalue weighted by Crippen LogP contribution is 2.16. The molecule has 1 fully saturated rings. The second-order valence-electron chi connectivity index (χ2n) is 5.25. The Labute approximate surface area is 115 Å². The van der Waals surface area contributed by atoms with Crippen LogP contribution < -0.4 is 10.0 Å². The maximum Gasteiger partial charge on any atom is 0.240 e. The summed E-state index contributed by atoms with van der Waals surface area (Å²) in [6, 6.07) is 5.87. The van der Waals surface area contributed by atoms with Gasteiger partial charge in [0.05, 0.1) is 4.90 Å². The fourth-order valence-corrected chi connectivity index (χ4v) is 3.82. The number of hydrogen-bond acceptors (Lipinski definition) is 3. The quantitative estimate of drug-likeness (QED) is 0.864. The first-order chi connectivity index (χ1) is 8.99. The van der Waals surface area contributed by atoms with E-state index in [0.717, 1.165) is 30.5 Å². The molecule has 1 aromatic carbocycles. The molecule has 0 spiro atoms. The minimum absolute atomic E-state index is 0.387. The molecule has 1 aromatic rings. The van der Waals surface area contributed by atoms with Crippen LogP contribution in [0.15, 0.2) is 23.1 Å². The minimum atomic E-state index is -3.38. The lowest BCUT2D eigenvalue weighted by Gasteiger charge is -2.12. The van der Waals surface area contributed by atoms with Crippen molar-refractivity contribution in [2.24, 2.45) is 0 Å². The van der Waals surface area contributed by atoms with Gasteiger partial charge >= 0.3 is 0 Å². The number of aryl methyl sites for hydroxylation is 2. The highest BCUT2D eigenvalue weighted by atomic mass is 32.2. The molecule has 19 heavy (non-hydrogen) atoms. The third-order valence-corrected chi connectivity index (χ3v) is 5.19. The van der Waals surface area contributed by atoms with E-state index < -0.39 is 10.0 Å². The van der Waals surface area contributed by atoms with Crippen LogP contribution in [0.1, 0.15) is 30.4 Å². The van der Waals surface area contributed by atoms with Gasteiger partial charge in [-0.2, -0.15) is 0 Å². The molecule has 1 aliphatic heterocycles. The fraction of sp³-hybridized carbons (Fsp3) is 0.571. The molecule has 0 amide bonds. The Morgan fingerprint density at radius 3 is 2.79 bits per heavy atom. The van der Waals surface area contributed by atoms with Gasteiger partial charge in [0.25, 0.3) is 0 Å². The normalized spacial score (nSPS) is 19.8. The molecule has 0 radical (unpaired) electrons. The van der Waals surface area contributed by atoms with Crippen LogP contribution in [0.2, 0.25) is 0 Å². The second-order valence-corrected chi connectivity index (χ2v) is 6.98. The summed E-state index contributed by atoms with van der Waals surface area (Å²) in [6.45, 7) is 5.34. The van der Waals surface area contributed by atoms with Crippen LogP contribution in [-0.2, 0) is 10.0 Å². The van der Waals surface area contributed by atoms with E-state index in [4.69, 9.17) is 0 Å². The van der Waals surface area contributed by atoms with Gasteiger partial charge in [0.15, 0.2) is 0 Å². The van der Waals surface area contributed by atoms with Crippen LogP contribution in [0, 0.1) is 13.8 Å². The van der Waals surface area contributed by atoms with Gasteiger partial charge in [0, 0.05) is 12.6 Å². The fourth-order valence-electron chi connectivity index (χ4n) is 2.55. The van der Waals surface area contributed by atoms with E-state index in [1.807, 2.05) is 26.0 Å². The second kappa shape index (κ2) is 6.03. The highest BCUT2D eigenvalue weighted by molar-refractivity contribution is 7.89. The van der Waals surface area contributed by atoms with Crippen molar-refractivity contribution in [2.75, 3.05) is 13.1 Å². The third kappa shape index (κ3) is 3.78. The van der Waals surface area contributed by atoms with E-state index >= 15 is 0 Å². The van der Waals surface area contributed by atoms with E-state index in [-0.39, 0.29) is 0 Å². The van der Waals surface area contributed by atoms with Gasteiger partial charge in [-0.05, 0) is 51.3 Å². The average molecular weight is 282 g/mol. The lowest BCUT2D eigenvalue weighted by atomic mass is 10.2. The summed E-state index contributed by atoms with van der Waals surface area (Å²) in [5, 5.41) is 3.37. The zero-order valence-electron chi connectivity index (χ0n) is 11.6. The summed E-state index contributed by atoms with van der Waals surface area (Å²) in [6.07, 6.45) is 3.18. The van der Waals surface area contributed by atoms with Crippen molar-refractivity contribution in [3.05, 3.63) is 29.3 Å². The summed E-state index contributed by atoms with van der Waals surface area (Å²) >= 11 is 0. The van der Waals surface area contributed by atoms with Crippen molar-refractivity contribution in [1.82, 2.24) is 10.0 Å². The van der Waals surface area contributed by atoms with E-state index in [1.165, 1.54) is 6.42 Å². The third-order valence-electron chi connectivity index (χ3n) is 3.57. The van der Waals surface area contributed by atoms with Gasteiger partial charge in [-0.25, -0.2) is 13.1 Å². The largest absolute Gasteiger partial charge is 0.314 e. The van der Waals surface area contributed by atoms with Crippen LogP contribution >= 0.6 is 0 Å². The zero-order chi connectivity index (χ0) is 13.9. The monoisotopic (exact) mass is 282 g/mol. The number of nitrogens with one attached hydrogen (secondary N) is 2. The van der Waals surface area contributed by atoms with Crippen LogP contribution in [-0.4, -0.2) is 27.5 Å². The van der Waals surface area contributed by atoms with Crippen molar-refractivity contribution >= 4 is 10.0 Å². The Kier molecular flexibility index (Phi) is 4.60. The Hall–Kier alpha value is -0.910. The highest BCUT2D eigenvalue weighted by Gasteiger charge is 2.18. The molecular formula is C14H22N2O2S. The molecule has 2 rings (SSSR count). The van der Waals surface area contributed by atoms with Gasteiger partial charge in [0.2, 0.25) is 10.0 Å². The first-order valence-electron chi connectivity index (χ1n) is 6.79. The Morgan fingerprint density at radius 2 is 2.16 bits per heavy atom. The SMILES string of the molecule is Cc1ccc(S(=O)(=O)NCC[C@H]2CCCN2)c(C)c1. The molecule has 0 saturated carbocycles. The molecule has 0 aromatic heterocycles. The molecule has 0 unspecified atom stereocenters. The number of hydrogen-bond donors (Lipinski definition) is 2. The van der Waals surface area contributed by atoms with Crippen molar-refractivity contribution in [3.8, 4) is 0 Å². The number of benzene rings is 1. The first-order valence-corrected chi connectivity index (χ1v) is 8.28. The molecule has 0 bridgehead atoms. The Bertz CT molecular complexity index is 534. The molecule has 1 atom stereocenters. The summed E-state index contributed by atoms with van der Waals surface area (Å²) in [5.74, 6) is 0. The van der Waals surface area contributed by atoms with Crippen molar-refractivity contribution in [2.45, 2.75) is 44.0 Å². The topological polar surface area (TPSA) is 58.2 Å². The predicted molar refractivity (Wildman–Crippen MR) is 76.7 cm³/mol. The van der Waals surface area contributed by atoms with E-state index in [0.29, 0.717) is 17.5 Å². The van der Waals surface area contributed by atoms with Crippen molar-refractivity contribution in [1.29, 1.82) is 0 Å². The molecule has 1 heterocycles. The molecule has 4 nitrogen and oxygen atoms in total. The maximum absolute atomic E-state index is 12.2. The van der Waals surface area contributed by atoms with Crippen molar-refractivity contribution in [3.63, 3.8) is 0 Å². The standard InChI is InChI=1S/C14H22N2O2S/c1-11-5-6-14(12(2)10-11)19(17,18)16-9-7-13-4-3-8-15-13/h5-6,10,13,15-16H,3-4,7-9H2,1-2H3/t13-/m1/s1.